The number of aromatic nitrogens is 1. The van der Waals surface area contributed by atoms with Crippen molar-refractivity contribution in [2.45, 2.75) is 32.9 Å². The van der Waals surface area contributed by atoms with Crippen molar-refractivity contribution in [3.05, 3.63) is 40.8 Å². The highest BCUT2D eigenvalue weighted by Gasteiger charge is 2.15. The van der Waals surface area contributed by atoms with E-state index in [1.54, 1.807) is 35.0 Å². The van der Waals surface area contributed by atoms with E-state index in [0.717, 1.165) is 6.42 Å². The van der Waals surface area contributed by atoms with Crippen LogP contribution in [0.15, 0.2) is 35.3 Å². The van der Waals surface area contributed by atoms with Crippen molar-refractivity contribution in [1.29, 1.82) is 0 Å². The van der Waals surface area contributed by atoms with Crippen molar-refractivity contribution in [3.8, 4) is 5.75 Å². The molecule has 0 saturated carbocycles. The predicted octanol–water partition coefficient (Wildman–Crippen LogP) is 2.26. The Labute approximate surface area is 116 Å². The third-order valence-corrected chi connectivity index (χ3v) is 3.09. The summed E-state index contributed by atoms with van der Waals surface area (Å²) >= 11 is 0. The van der Waals surface area contributed by atoms with Crippen LogP contribution >= 0.6 is 0 Å². The van der Waals surface area contributed by atoms with Crippen LogP contribution in [0.3, 0.4) is 0 Å². The maximum Gasteiger partial charge on any atom is 0.344 e. The first-order chi connectivity index (χ1) is 9.54. The van der Waals surface area contributed by atoms with E-state index in [-0.39, 0.29) is 5.56 Å². The number of aliphatic carboxylic acids is 1. The molecule has 0 aliphatic rings. The van der Waals surface area contributed by atoms with Gasteiger partial charge in [-0.15, -0.1) is 0 Å². The van der Waals surface area contributed by atoms with E-state index in [2.05, 4.69) is 0 Å². The molecule has 0 amide bonds. The molecule has 5 heteroatoms. The van der Waals surface area contributed by atoms with E-state index in [1.165, 1.54) is 6.92 Å². The Bertz CT molecular complexity index is 690. The number of hydrogen-bond donors (Lipinski definition) is 1. The van der Waals surface area contributed by atoms with Gasteiger partial charge in [-0.05, 0) is 31.5 Å². The largest absolute Gasteiger partial charge is 0.479 e. The fraction of sp³-hybridized carbons (Fsp3) is 0.333. The van der Waals surface area contributed by atoms with Crippen molar-refractivity contribution in [1.82, 2.24) is 4.57 Å². The molecule has 0 bridgehead atoms. The summed E-state index contributed by atoms with van der Waals surface area (Å²) in [6.45, 7) is 4.12. The highest BCUT2D eigenvalue weighted by molar-refractivity contribution is 5.87. The summed E-state index contributed by atoms with van der Waals surface area (Å²) < 4.78 is 7.04. The lowest BCUT2D eigenvalue weighted by atomic mass is 10.1. The van der Waals surface area contributed by atoms with Gasteiger partial charge in [0.15, 0.2) is 6.10 Å². The number of carboxylic acids is 1. The Morgan fingerprint density at radius 3 is 2.75 bits per heavy atom. The lowest BCUT2D eigenvalue weighted by Crippen LogP contribution is -2.23. The molecule has 2 rings (SSSR count). The second kappa shape index (κ2) is 5.77. The number of benzene rings is 1. The standard InChI is InChI=1S/C15H17NO4/c1-3-8-16-9-7-11-12(14(16)17)5-4-6-13(11)20-10(2)15(18)19/h4-7,9-10H,3,8H2,1-2H3,(H,18,19). The Morgan fingerprint density at radius 1 is 1.35 bits per heavy atom. The topological polar surface area (TPSA) is 68.5 Å². The highest BCUT2D eigenvalue weighted by Crippen LogP contribution is 2.24. The maximum atomic E-state index is 12.3. The second-order valence-corrected chi connectivity index (χ2v) is 4.63. The molecule has 0 spiro atoms. The summed E-state index contributed by atoms with van der Waals surface area (Å²) in [6, 6.07) is 6.88. The molecule has 0 radical (unpaired) electrons. The van der Waals surface area contributed by atoms with Gasteiger partial charge in [0.25, 0.3) is 5.56 Å². The van der Waals surface area contributed by atoms with Crippen LogP contribution in [0.25, 0.3) is 10.8 Å². The first-order valence-electron chi connectivity index (χ1n) is 6.56. The van der Waals surface area contributed by atoms with Gasteiger partial charge in [-0.1, -0.05) is 13.0 Å². The average molecular weight is 275 g/mol. The van der Waals surface area contributed by atoms with Crippen LogP contribution in [0.4, 0.5) is 0 Å². The quantitative estimate of drug-likeness (QED) is 0.908. The summed E-state index contributed by atoms with van der Waals surface area (Å²) in [5.41, 5.74) is -0.0854. The monoisotopic (exact) mass is 275 g/mol. The first kappa shape index (κ1) is 14.1. The molecule has 5 nitrogen and oxygen atoms in total. The van der Waals surface area contributed by atoms with Gasteiger partial charge in [0.05, 0.1) is 5.39 Å². The van der Waals surface area contributed by atoms with Crippen molar-refractivity contribution in [2.75, 3.05) is 0 Å². The fourth-order valence-electron chi connectivity index (χ4n) is 2.05. The molecule has 1 heterocycles. The van der Waals surface area contributed by atoms with Crippen molar-refractivity contribution in [2.24, 2.45) is 0 Å². The van der Waals surface area contributed by atoms with Crippen LogP contribution in [0, 0.1) is 0 Å². The summed E-state index contributed by atoms with van der Waals surface area (Å²) in [7, 11) is 0. The van der Waals surface area contributed by atoms with E-state index >= 15 is 0 Å². The lowest BCUT2D eigenvalue weighted by molar-refractivity contribution is -0.144. The number of aryl methyl sites for hydroxylation is 1. The summed E-state index contributed by atoms with van der Waals surface area (Å²) in [6.07, 6.45) is 1.63. The van der Waals surface area contributed by atoms with Crippen LogP contribution in [-0.2, 0) is 11.3 Å². The number of nitrogens with zero attached hydrogens (tertiary/aromatic N) is 1. The molecule has 0 fully saturated rings. The van der Waals surface area contributed by atoms with E-state index in [9.17, 15) is 9.59 Å². The van der Waals surface area contributed by atoms with E-state index in [1.807, 2.05) is 6.92 Å². The number of hydrogen-bond acceptors (Lipinski definition) is 3. The zero-order valence-corrected chi connectivity index (χ0v) is 11.5. The van der Waals surface area contributed by atoms with Crippen molar-refractivity contribution >= 4 is 16.7 Å². The van der Waals surface area contributed by atoms with Gasteiger partial charge >= 0.3 is 5.97 Å². The van der Waals surface area contributed by atoms with Crippen LogP contribution in [-0.4, -0.2) is 21.7 Å². The number of carboxylic acid groups (broad SMARTS) is 1. The first-order valence-corrected chi connectivity index (χ1v) is 6.56. The highest BCUT2D eigenvalue weighted by atomic mass is 16.5. The van der Waals surface area contributed by atoms with Gasteiger partial charge < -0.3 is 14.4 Å². The number of rotatable bonds is 5. The molecule has 1 N–H and O–H groups in total. The zero-order valence-electron chi connectivity index (χ0n) is 11.5. The van der Waals surface area contributed by atoms with Crippen molar-refractivity contribution < 1.29 is 14.6 Å². The molecule has 1 atom stereocenters. The van der Waals surface area contributed by atoms with Gasteiger partial charge in [0.1, 0.15) is 5.75 Å². The molecule has 20 heavy (non-hydrogen) atoms. The molecular weight excluding hydrogens is 258 g/mol. The molecule has 0 saturated heterocycles. The van der Waals surface area contributed by atoms with E-state index in [4.69, 9.17) is 9.84 Å². The molecule has 1 unspecified atom stereocenters. The van der Waals surface area contributed by atoms with Gasteiger partial charge in [0.2, 0.25) is 0 Å². The molecular formula is C15H17NO4. The lowest BCUT2D eigenvalue weighted by Gasteiger charge is -2.13. The molecule has 1 aromatic carbocycles. The number of fused-ring (bicyclic) bond motifs is 1. The zero-order chi connectivity index (χ0) is 14.7. The van der Waals surface area contributed by atoms with Gasteiger partial charge in [-0.2, -0.15) is 0 Å². The van der Waals surface area contributed by atoms with E-state index in [0.29, 0.717) is 23.1 Å². The Morgan fingerprint density at radius 2 is 2.10 bits per heavy atom. The predicted molar refractivity (Wildman–Crippen MR) is 76.2 cm³/mol. The molecule has 2 aromatic rings. The summed E-state index contributed by atoms with van der Waals surface area (Å²) in [5, 5.41) is 10.1. The SMILES string of the molecule is CCCn1ccc2c(OC(C)C(=O)O)cccc2c1=O. The van der Waals surface area contributed by atoms with E-state index < -0.39 is 12.1 Å². The molecule has 0 aliphatic heterocycles. The Hall–Kier alpha value is -2.30. The van der Waals surface area contributed by atoms with Gasteiger partial charge in [-0.3, -0.25) is 4.79 Å². The minimum atomic E-state index is -1.04. The Balaban J connectivity index is 2.51. The number of pyridine rings is 1. The number of ether oxygens (including phenoxy) is 1. The number of carbonyl (C=O) groups is 1. The van der Waals surface area contributed by atoms with Gasteiger partial charge in [0, 0.05) is 18.1 Å². The molecule has 1 aromatic heterocycles. The van der Waals surface area contributed by atoms with Crippen molar-refractivity contribution in [3.63, 3.8) is 0 Å². The average Bonchev–Trinajstić information content (AvgIpc) is 2.42. The summed E-state index contributed by atoms with van der Waals surface area (Å²) in [4.78, 5) is 23.1. The van der Waals surface area contributed by atoms with Crippen LogP contribution in [0.5, 0.6) is 5.75 Å². The van der Waals surface area contributed by atoms with Crippen LogP contribution in [0.2, 0.25) is 0 Å². The second-order valence-electron chi connectivity index (χ2n) is 4.63. The minimum absolute atomic E-state index is 0.0854. The third kappa shape index (κ3) is 2.66. The van der Waals surface area contributed by atoms with Gasteiger partial charge in [-0.25, -0.2) is 4.79 Å². The molecule has 0 aliphatic carbocycles. The summed E-state index contributed by atoms with van der Waals surface area (Å²) in [5.74, 6) is -0.625. The molecule has 106 valence electrons. The maximum absolute atomic E-state index is 12.3. The van der Waals surface area contributed by atoms with Crippen LogP contribution in [0.1, 0.15) is 20.3 Å². The van der Waals surface area contributed by atoms with Crippen LogP contribution < -0.4 is 10.3 Å². The smallest absolute Gasteiger partial charge is 0.344 e. The third-order valence-electron chi connectivity index (χ3n) is 3.09. The minimum Gasteiger partial charge on any atom is -0.479 e. The fourth-order valence-corrected chi connectivity index (χ4v) is 2.05. The Kier molecular flexibility index (Phi) is 4.08. The normalized spacial score (nSPS) is 12.3.